The van der Waals surface area contributed by atoms with Crippen molar-refractivity contribution in [3.8, 4) is 11.4 Å². The van der Waals surface area contributed by atoms with Gasteiger partial charge >= 0.3 is 0 Å². The van der Waals surface area contributed by atoms with Crippen LogP contribution in [0.1, 0.15) is 11.1 Å². The van der Waals surface area contributed by atoms with Crippen LogP contribution in [0.4, 0.5) is 4.39 Å². The van der Waals surface area contributed by atoms with E-state index in [0.29, 0.717) is 16.7 Å². The van der Waals surface area contributed by atoms with E-state index in [0.717, 1.165) is 0 Å². The molecular formula is C16H16FN5O2S. The molecule has 0 bridgehead atoms. The van der Waals surface area contributed by atoms with Crippen LogP contribution in [-0.2, 0) is 23.5 Å². The van der Waals surface area contributed by atoms with Crippen LogP contribution in [0, 0.1) is 5.82 Å². The molecule has 0 amide bonds. The standard InChI is InChI=1S/C16H16FN5O2S/c1-18-25(23,24)13-8-7-11(9-12-5-3-4-6-15(12)17)14(10-13)16-19-21-22(2)20-16/h3-8,10,18H,9H2,1-2H3. The number of rotatable bonds is 5. The van der Waals surface area contributed by atoms with Crippen LogP contribution in [0.5, 0.6) is 0 Å². The summed E-state index contributed by atoms with van der Waals surface area (Å²) >= 11 is 0. The van der Waals surface area contributed by atoms with Crippen LogP contribution < -0.4 is 4.72 Å². The van der Waals surface area contributed by atoms with Gasteiger partial charge in [0.15, 0.2) is 0 Å². The topological polar surface area (TPSA) is 89.8 Å². The SMILES string of the molecule is CNS(=O)(=O)c1ccc(Cc2ccccc2F)c(-c2nnn(C)n2)c1. The number of hydrogen-bond donors (Lipinski definition) is 1. The highest BCUT2D eigenvalue weighted by atomic mass is 32.2. The van der Waals surface area contributed by atoms with E-state index >= 15 is 0 Å². The molecule has 1 N–H and O–H groups in total. The Balaban J connectivity index is 2.13. The van der Waals surface area contributed by atoms with E-state index in [1.54, 1.807) is 31.3 Å². The molecule has 0 aliphatic heterocycles. The molecule has 0 saturated heterocycles. The fourth-order valence-corrected chi connectivity index (χ4v) is 3.20. The molecule has 25 heavy (non-hydrogen) atoms. The van der Waals surface area contributed by atoms with Gasteiger partial charge < -0.3 is 0 Å². The maximum atomic E-state index is 14.0. The molecule has 2 aromatic carbocycles. The quantitative estimate of drug-likeness (QED) is 0.744. The second-order valence-electron chi connectivity index (χ2n) is 5.40. The highest BCUT2D eigenvalue weighted by molar-refractivity contribution is 7.89. The van der Waals surface area contributed by atoms with Crippen molar-refractivity contribution in [2.75, 3.05) is 7.05 Å². The second kappa shape index (κ2) is 6.69. The van der Waals surface area contributed by atoms with Gasteiger partial charge in [-0.3, -0.25) is 0 Å². The average Bonchev–Trinajstić information content (AvgIpc) is 3.03. The average molecular weight is 361 g/mol. The van der Waals surface area contributed by atoms with Crippen molar-refractivity contribution in [1.82, 2.24) is 24.9 Å². The predicted molar refractivity (Wildman–Crippen MR) is 89.7 cm³/mol. The molecule has 0 radical (unpaired) electrons. The molecule has 9 heteroatoms. The first-order valence-electron chi connectivity index (χ1n) is 7.45. The number of aryl methyl sites for hydroxylation is 1. The van der Waals surface area contributed by atoms with Crippen LogP contribution in [0.15, 0.2) is 47.4 Å². The fraction of sp³-hybridized carbons (Fsp3) is 0.188. The number of hydrogen-bond acceptors (Lipinski definition) is 5. The summed E-state index contributed by atoms with van der Waals surface area (Å²) < 4.78 is 40.4. The molecule has 3 rings (SSSR count). The largest absolute Gasteiger partial charge is 0.240 e. The predicted octanol–water partition coefficient (Wildman–Crippen LogP) is 1.52. The molecule has 0 unspecified atom stereocenters. The van der Waals surface area contributed by atoms with Crippen molar-refractivity contribution in [1.29, 1.82) is 0 Å². The summed E-state index contributed by atoms with van der Waals surface area (Å²) in [5.41, 5.74) is 1.69. The van der Waals surface area contributed by atoms with Crippen LogP contribution in [-0.4, -0.2) is 35.7 Å². The number of sulfonamides is 1. The van der Waals surface area contributed by atoms with Gasteiger partial charge in [-0.15, -0.1) is 10.2 Å². The Morgan fingerprint density at radius 2 is 1.92 bits per heavy atom. The number of nitrogens with one attached hydrogen (secondary N) is 1. The molecule has 1 aromatic heterocycles. The minimum atomic E-state index is -3.63. The number of aromatic nitrogens is 4. The van der Waals surface area contributed by atoms with Gasteiger partial charge in [0.05, 0.1) is 11.9 Å². The molecule has 0 spiro atoms. The van der Waals surface area contributed by atoms with Crippen LogP contribution >= 0.6 is 0 Å². The second-order valence-corrected chi connectivity index (χ2v) is 7.28. The van der Waals surface area contributed by atoms with Crippen molar-refractivity contribution in [3.05, 3.63) is 59.4 Å². The molecule has 0 saturated carbocycles. The molecule has 1 heterocycles. The molecule has 0 aliphatic rings. The molecular weight excluding hydrogens is 345 g/mol. The first-order chi connectivity index (χ1) is 11.9. The van der Waals surface area contributed by atoms with Crippen molar-refractivity contribution >= 4 is 10.0 Å². The zero-order valence-corrected chi connectivity index (χ0v) is 14.5. The Hall–Kier alpha value is -2.65. The summed E-state index contributed by atoms with van der Waals surface area (Å²) in [5, 5.41) is 11.9. The van der Waals surface area contributed by atoms with Crippen LogP contribution in [0.3, 0.4) is 0 Å². The molecule has 3 aromatic rings. The van der Waals surface area contributed by atoms with Gasteiger partial charge in [0.25, 0.3) is 0 Å². The molecule has 0 fully saturated rings. The number of nitrogens with zero attached hydrogens (tertiary/aromatic N) is 4. The van der Waals surface area contributed by atoms with E-state index in [1.165, 1.54) is 30.0 Å². The third-order valence-electron chi connectivity index (χ3n) is 3.75. The van der Waals surface area contributed by atoms with Crippen molar-refractivity contribution in [3.63, 3.8) is 0 Å². The van der Waals surface area contributed by atoms with Gasteiger partial charge in [-0.05, 0) is 41.6 Å². The number of tetrazole rings is 1. The summed E-state index contributed by atoms with van der Waals surface area (Å²) in [6.45, 7) is 0. The number of benzene rings is 2. The highest BCUT2D eigenvalue weighted by Gasteiger charge is 2.18. The molecule has 130 valence electrons. The third kappa shape index (κ3) is 3.57. The van der Waals surface area contributed by atoms with E-state index in [-0.39, 0.29) is 23.0 Å². The monoisotopic (exact) mass is 361 g/mol. The summed E-state index contributed by atoms with van der Waals surface area (Å²) in [7, 11) is -0.678. The zero-order valence-electron chi connectivity index (χ0n) is 13.6. The van der Waals surface area contributed by atoms with Crippen molar-refractivity contribution < 1.29 is 12.8 Å². The highest BCUT2D eigenvalue weighted by Crippen LogP contribution is 2.26. The van der Waals surface area contributed by atoms with Gasteiger partial charge in [-0.1, -0.05) is 24.3 Å². The van der Waals surface area contributed by atoms with Crippen molar-refractivity contribution in [2.45, 2.75) is 11.3 Å². The van der Waals surface area contributed by atoms with Crippen LogP contribution in [0.2, 0.25) is 0 Å². The summed E-state index contributed by atoms with van der Waals surface area (Å²) in [6.07, 6.45) is 0.278. The number of halogens is 1. The van der Waals surface area contributed by atoms with Crippen molar-refractivity contribution in [2.24, 2.45) is 7.05 Å². The Labute approximate surface area is 144 Å². The molecule has 0 aliphatic carbocycles. The normalized spacial score (nSPS) is 11.6. The zero-order chi connectivity index (χ0) is 18.0. The van der Waals surface area contributed by atoms with E-state index in [4.69, 9.17) is 0 Å². The van der Waals surface area contributed by atoms with Gasteiger partial charge in [0.2, 0.25) is 15.8 Å². The maximum absolute atomic E-state index is 14.0. The lowest BCUT2D eigenvalue weighted by Gasteiger charge is -2.10. The molecule has 0 atom stereocenters. The first-order valence-corrected chi connectivity index (χ1v) is 8.93. The lowest BCUT2D eigenvalue weighted by molar-refractivity contribution is 0.588. The minimum Gasteiger partial charge on any atom is -0.214 e. The minimum absolute atomic E-state index is 0.0785. The molecule has 7 nitrogen and oxygen atoms in total. The Kier molecular flexibility index (Phi) is 4.60. The Morgan fingerprint density at radius 3 is 2.56 bits per heavy atom. The summed E-state index contributed by atoms with van der Waals surface area (Å²) in [5.74, 6) is -0.0468. The van der Waals surface area contributed by atoms with E-state index in [2.05, 4.69) is 20.1 Å². The lowest BCUT2D eigenvalue weighted by Crippen LogP contribution is -2.18. The Morgan fingerprint density at radius 1 is 1.16 bits per heavy atom. The Bertz CT molecular complexity index is 1020. The maximum Gasteiger partial charge on any atom is 0.240 e. The fourth-order valence-electron chi connectivity index (χ4n) is 2.44. The van der Waals surface area contributed by atoms with Gasteiger partial charge in [0, 0.05) is 12.0 Å². The first kappa shape index (κ1) is 17.2. The van der Waals surface area contributed by atoms with E-state index < -0.39 is 10.0 Å². The van der Waals surface area contributed by atoms with E-state index in [9.17, 15) is 12.8 Å². The summed E-state index contributed by atoms with van der Waals surface area (Å²) in [4.78, 5) is 1.36. The summed E-state index contributed by atoms with van der Waals surface area (Å²) in [6, 6.07) is 11.0. The van der Waals surface area contributed by atoms with E-state index in [1.807, 2.05) is 0 Å². The van der Waals surface area contributed by atoms with Gasteiger partial charge in [-0.25, -0.2) is 17.5 Å². The van der Waals surface area contributed by atoms with Crippen LogP contribution in [0.25, 0.3) is 11.4 Å². The van der Waals surface area contributed by atoms with Gasteiger partial charge in [-0.2, -0.15) is 4.80 Å². The lowest BCUT2D eigenvalue weighted by atomic mass is 9.99. The smallest absolute Gasteiger partial charge is 0.214 e. The van der Waals surface area contributed by atoms with Gasteiger partial charge in [0.1, 0.15) is 5.82 Å². The third-order valence-corrected chi connectivity index (χ3v) is 5.16.